The normalized spacial score (nSPS) is 17.6. The largest absolute Gasteiger partial charge is 0.384 e. The molecule has 144 valence electrons. The Balaban J connectivity index is 0.00000243. The van der Waals surface area contributed by atoms with Crippen molar-refractivity contribution in [2.45, 2.75) is 26.7 Å². The van der Waals surface area contributed by atoms with Crippen LogP contribution in [0, 0.1) is 12.8 Å². The van der Waals surface area contributed by atoms with Gasteiger partial charge in [-0.05, 0) is 43.9 Å². The summed E-state index contributed by atoms with van der Waals surface area (Å²) >= 11 is 0. The second-order valence-electron chi connectivity index (χ2n) is 6.90. The van der Waals surface area contributed by atoms with Crippen LogP contribution in [0.25, 0.3) is 10.9 Å². The van der Waals surface area contributed by atoms with Crippen LogP contribution in [0.5, 0.6) is 0 Å². The Morgan fingerprint density at radius 1 is 1.42 bits per heavy atom. The van der Waals surface area contributed by atoms with Gasteiger partial charge >= 0.3 is 0 Å². The summed E-state index contributed by atoms with van der Waals surface area (Å²) in [7, 11) is 1.78. The van der Waals surface area contributed by atoms with Gasteiger partial charge in [0, 0.05) is 56.3 Å². The van der Waals surface area contributed by atoms with Crippen LogP contribution in [0.15, 0.2) is 29.4 Å². The van der Waals surface area contributed by atoms with Crippen molar-refractivity contribution in [1.29, 1.82) is 0 Å². The van der Waals surface area contributed by atoms with Crippen LogP contribution in [-0.4, -0.2) is 55.7 Å². The number of fused-ring (bicyclic) bond motifs is 1. The molecule has 0 spiro atoms. The molecule has 5 nitrogen and oxygen atoms in total. The number of aliphatic imine (C=N–C) groups is 1. The monoisotopic (exact) mass is 470 g/mol. The zero-order valence-corrected chi connectivity index (χ0v) is 18.4. The molecule has 2 N–H and O–H groups in total. The highest BCUT2D eigenvalue weighted by Crippen LogP contribution is 2.20. The molecule has 1 fully saturated rings. The molecule has 1 atom stereocenters. The number of guanidine groups is 1. The summed E-state index contributed by atoms with van der Waals surface area (Å²) in [5, 5.41) is 4.75. The van der Waals surface area contributed by atoms with Crippen LogP contribution in [0.2, 0.25) is 0 Å². The van der Waals surface area contributed by atoms with Gasteiger partial charge in [-0.1, -0.05) is 12.1 Å². The van der Waals surface area contributed by atoms with E-state index in [1.54, 1.807) is 7.11 Å². The highest BCUT2D eigenvalue weighted by atomic mass is 127. The fraction of sp³-hybridized carbons (Fsp3) is 0.550. The Bertz CT molecular complexity index is 728. The predicted molar refractivity (Wildman–Crippen MR) is 120 cm³/mol. The van der Waals surface area contributed by atoms with Gasteiger partial charge in [0.15, 0.2) is 5.96 Å². The number of rotatable bonds is 6. The Kier molecular flexibility index (Phi) is 8.21. The molecule has 1 aliphatic heterocycles. The van der Waals surface area contributed by atoms with E-state index in [9.17, 15) is 0 Å². The average Bonchev–Trinajstić information content (AvgIpc) is 3.21. The molecule has 1 unspecified atom stereocenters. The van der Waals surface area contributed by atoms with Crippen molar-refractivity contribution in [1.82, 2.24) is 15.2 Å². The lowest BCUT2D eigenvalue weighted by molar-refractivity contribution is 0.157. The summed E-state index contributed by atoms with van der Waals surface area (Å²) in [4.78, 5) is 10.6. The quantitative estimate of drug-likeness (QED) is 0.386. The molecule has 0 amide bonds. The van der Waals surface area contributed by atoms with E-state index in [2.05, 4.69) is 53.4 Å². The predicted octanol–water partition coefficient (Wildman–Crippen LogP) is 3.57. The number of aryl methyl sites for hydroxylation is 1. The van der Waals surface area contributed by atoms with Crippen LogP contribution in [0.1, 0.15) is 24.5 Å². The van der Waals surface area contributed by atoms with Gasteiger partial charge in [0.05, 0.1) is 6.61 Å². The topological polar surface area (TPSA) is 52.7 Å². The van der Waals surface area contributed by atoms with Crippen LogP contribution >= 0.6 is 24.0 Å². The number of nitrogens with one attached hydrogen (secondary N) is 2. The van der Waals surface area contributed by atoms with Crippen LogP contribution in [-0.2, 0) is 11.2 Å². The van der Waals surface area contributed by atoms with Gasteiger partial charge in [-0.15, -0.1) is 24.0 Å². The standard InChI is InChI=1S/C20H30N4O.HI/c1-4-21-20(24-10-8-16(13-24)14-25-3)22-9-7-17-12-23-19-11-15(2)5-6-18(17)19;/h5-6,11-12,16,23H,4,7-10,13-14H2,1-3H3,(H,21,22);1H. The molecule has 1 aromatic heterocycles. The van der Waals surface area contributed by atoms with E-state index >= 15 is 0 Å². The number of ether oxygens (including phenoxy) is 1. The van der Waals surface area contributed by atoms with Crippen LogP contribution in [0.4, 0.5) is 0 Å². The first-order valence-electron chi connectivity index (χ1n) is 9.30. The summed E-state index contributed by atoms with van der Waals surface area (Å²) in [6.07, 6.45) is 4.25. The first kappa shape index (κ1) is 21.0. The lowest BCUT2D eigenvalue weighted by atomic mass is 10.1. The van der Waals surface area contributed by atoms with Gasteiger partial charge in [0.1, 0.15) is 0 Å². The molecule has 0 radical (unpaired) electrons. The fourth-order valence-electron chi connectivity index (χ4n) is 3.61. The summed E-state index contributed by atoms with van der Waals surface area (Å²) in [5.41, 5.74) is 3.84. The third-order valence-electron chi connectivity index (χ3n) is 4.89. The highest BCUT2D eigenvalue weighted by Gasteiger charge is 2.24. The van der Waals surface area contributed by atoms with Gasteiger partial charge in [-0.2, -0.15) is 0 Å². The van der Waals surface area contributed by atoms with Gasteiger partial charge in [-0.25, -0.2) is 0 Å². The van der Waals surface area contributed by atoms with E-state index in [-0.39, 0.29) is 24.0 Å². The van der Waals surface area contributed by atoms with Gasteiger partial charge < -0.3 is 19.9 Å². The van der Waals surface area contributed by atoms with Crippen molar-refractivity contribution in [2.75, 3.05) is 39.9 Å². The highest BCUT2D eigenvalue weighted by molar-refractivity contribution is 14.0. The zero-order valence-electron chi connectivity index (χ0n) is 16.0. The first-order chi connectivity index (χ1) is 12.2. The fourth-order valence-corrected chi connectivity index (χ4v) is 3.61. The van der Waals surface area contributed by atoms with Crippen molar-refractivity contribution in [3.05, 3.63) is 35.5 Å². The Morgan fingerprint density at radius 3 is 3.04 bits per heavy atom. The second-order valence-corrected chi connectivity index (χ2v) is 6.90. The Labute approximate surface area is 173 Å². The number of aromatic amines is 1. The molecule has 3 rings (SSSR count). The number of hydrogen-bond acceptors (Lipinski definition) is 2. The number of H-pyrrole nitrogens is 1. The minimum Gasteiger partial charge on any atom is -0.384 e. The van der Waals surface area contributed by atoms with Gasteiger partial charge in [0.25, 0.3) is 0 Å². The molecule has 0 aliphatic carbocycles. The zero-order chi connectivity index (χ0) is 17.6. The molecule has 26 heavy (non-hydrogen) atoms. The first-order valence-corrected chi connectivity index (χ1v) is 9.30. The van der Waals surface area contributed by atoms with E-state index in [0.717, 1.165) is 45.2 Å². The molecule has 1 saturated heterocycles. The molecular formula is C20H31IN4O. The van der Waals surface area contributed by atoms with Crippen molar-refractivity contribution >= 4 is 40.8 Å². The van der Waals surface area contributed by atoms with Crippen LogP contribution in [0.3, 0.4) is 0 Å². The Hall–Kier alpha value is -1.28. The maximum Gasteiger partial charge on any atom is 0.193 e. The molecular weight excluding hydrogens is 439 g/mol. The summed E-state index contributed by atoms with van der Waals surface area (Å²) < 4.78 is 5.30. The van der Waals surface area contributed by atoms with E-state index in [0.29, 0.717) is 5.92 Å². The van der Waals surface area contributed by atoms with Crippen LogP contribution < -0.4 is 5.32 Å². The molecule has 1 aliphatic rings. The summed E-state index contributed by atoms with van der Waals surface area (Å²) in [5.74, 6) is 1.66. The van der Waals surface area contributed by atoms with E-state index < -0.39 is 0 Å². The van der Waals surface area contributed by atoms with Crippen molar-refractivity contribution in [2.24, 2.45) is 10.9 Å². The Morgan fingerprint density at radius 2 is 2.27 bits per heavy atom. The average molecular weight is 470 g/mol. The maximum atomic E-state index is 5.30. The van der Waals surface area contributed by atoms with Gasteiger partial charge in [-0.3, -0.25) is 4.99 Å². The SMILES string of the molecule is CCNC(=NCCc1c[nH]c2cc(C)ccc12)N1CCC(COC)C1.I. The number of aromatic nitrogens is 1. The molecule has 1 aromatic carbocycles. The van der Waals surface area contributed by atoms with E-state index in [1.807, 2.05) is 0 Å². The molecule has 2 aromatic rings. The summed E-state index contributed by atoms with van der Waals surface area (Å²) in [6, 6.07) is 6.58. The van der Waals surface area contributed by atoms with E-state index in [4.69, 9.17) is 9.73 Å². The number of methoxy groups -OCH3 is 1. The molecule has 6 heteroatoms. The van der Waals surface area contributed by atoms with E-state index in [1.165, 1.54) is 28.5 Å². The number of nitrogens with zero attached hydrogens (tertiary/aromatic N) is 2. The number of hydrogen-bond donors (Lipinski definition) is 2. The molecule has 0 saturated carbocycles. The van der Waals surface area contributed by atoms with Gasteiger partial charge in [0.2, 0.25) is 0 Å². The lowest BCUT2D eigenvalue weighted by Gasteiger charge is -2.21. The second kappa shape index (κ2) is 10.2. The molecule has 0 bridgehead atoms. The lowest BCUT2D eigenvalue weighted by Crippen LogP contribution is -2.40. The number of halogens is 1. The number of likely N-dealkylation sites (tertiary alicyclic amines) is 1. The number of benzene rings is 1. The smallest absolute Gasteiger partial charge is 0.193 e. The van der Waals surface area contributed by atoms with Crippen molar-refractivity contribution in [3.63, 3.8) is 0 Å². The third-order valence-corrected chi connectivity index (χ3v) is 4.89. The molecule has 2 heterocycles. The van der Waals surface area contributed by atoms with Crippen molar-refractivity contribution in [3.8, 4) is 0 Å². The summed E-state index contributed by atoms with van der Waals surface area (Å²) in [6.45, 7) is 8.88. The minimum absolute atomic E-state index is 0. The third kappa shape index (κ3) is 5.13. The minimum atomic E-state index is 0. The van der Waals surface area contributed by atoms with Crippen molar-refractivity contribution < 1.29 is 4.74 Å². The maximum absolute atomic E-state index is 5.30.